The molecule has 4 rings (SSSR count). The molecule has 4 aliphatic rings. The predicted molar refractivity (Wildman–Crippen MR) is 96.8 cm³/mol. The van der Waals surface area contributed by atoms with E-state index in [9.17, 15) is 9.90 Å². The molecule has 0 aromatic carbocycles. The van der Waals surface area contributed by atoms with Crippen molar-refractivity contribution in [1.29, 1.82) is 0 Å². The first kappa shape index (κ1) is 17.7. The lowest BCUT2D eigenvalue weighted by Crippen LogP contribution is -2.56. The number of allylic oxidation sites excluding steroid dienone is 1. The smallest absolute Gasteiger partial charge is 0.136 e. The van der Waals surface area contributed by atoms with Gasteiger partial charge in [0, 0.05) is 17.3 Å². The molecule has 4 aliphatic carbocycles. The van der Waals surface area contributed by atoms with Gasteiger partial charge in [0.25, 0.3) is 0 Å². The highest BCUT2D eigenvalue weighted by Gasteiger charge is 2.64. The van der Waals surface area contributed by atoms with E-state index in [1.807, 2.05) is 0 Å². The number of carbonyl (C=O) groups is 1. The van der Waals surface area contributed by atoms with E-state index in [-0.39, 0.29) is 17.3 Å². The molecule has 3 fully saturated rings. The Morgan fingerprint density at radius 3 is 2.56 bits per heavy atom. The van der Waals surface area contributed by atoms with Crippen LogP contribution in [0.3, 0.4) is 0 Å². The number of fused-ring (bicyclic) bond motifs is 5. The van der Waals surface area contributed by atoms with Crippen LogP contribution in [0, 0.1) is 34.0 Å². The van der Waals surface area contributed by atoms with Crippen LogP contribution in [-0.4, -0.2) is 23.2 Å². The highest BCUT2D eigenvalue weighted by atomic mass is 19.1. The lowest BCUT2D eigenvalue weighted by atomic mass is 9.45. The maximum Gasteiger partial charge on any atom is 0.136 e. The summed E-state index contributed by atoms with van der Waals surface area (Å²) in [6.07, 6.45) is 6.86. The van der Waals surface area contributed by atoms with E-state index in [1.165, 1.54) is 0 Å². The number of alkyl halides is 1. The van der Waals surface area contributed by atoms with Crippen LogP contribution in [0.15, 0.2) is 11.6 Å². The van der Waals surface area contributed by atoms with Crippen molar-refractivity contribution in [2.45, 2.75) is 84.9 Å². The zero-order chi connectivity index (χ0) is 18.2. The molecule has 1 N–H and O–H groups in total. The van der Waals surface area contributed by atoms with Crippen LogP contribution in [0.25, 0.3) is 0 Å². The second-order valence-corrected chi connectivity index (χ2v) is 10.1. The number of rotatable bonds is 1. The van der Waals surface area contributed by atoms with Crippen molar-refractivity contribution >= 4 is 5.78 Å². The largest absolute Gasteiger partial charge is 0.393 e. The van der Waals surface area contributed by atoms with E-state index in [0.29, 0.717) is 30.0 Å². The zero-order valence-electron chi connectivity index (χ0n) is 16.1. The monoisotopic (exact) mass is 348 g/mol. The molecular formula is C22H33FO2. The van der Waals surface area contributed by atoms with Crippen LogP contribution in [0.2, 0.25) is 0 Å². The molecule has 0 amide bonds. The zero-order valence-corrected chi connectivity index (χ0v) is 16.1. The van der Waals surface area contributed by atoms with Gasteiger partial charge >= 0.3 is 0 Å². The fourth-order valence-electron chi connectivity index (χ4n) is 7.50. The number of carbonyl (C=O) groups excluding carboxylic acids is 1. The fraction of sp³-hybridized carbons (Fsp3) is 0.864. The average Bonchev–Trinajstić information content (AvgIpc) is 2.82. The van der Waals surface area contributed by atoms with Crippen molar-refractivity contribution in [3.05, 3.63) is 11.6 Å². The Balaban J connectivity index is 1.72. The average molecular weight is 349 g/mol. The second-order valence-electron chi connectivity index (χ2n) is 10.1. The minimum Gasteiger partial charge on any atom is -0.393 e. The number of ketones is 1. The van der Waals surface area contributed by atoms with Crippen LogP contribution in [-0.2, 0) is 4.79 Å². The summed E-state index contributed by atoms with van der Waals surface area (Å²) in [6.45, 7) is 8.39. The van der Waals surface area contributed by atoms with Gasteiger partial charge in [-0.1, -0.05) is 32.4 Å². The number of Topliss-reactive ketones (excluding diaryl/α,β-unsaturated/α-hetero) is 1. The minimum absolute atomic E-state index is 0.0572. The second kappa shape index (κ2) is 5.41. The van der Waals surface area contributed by atoms with Gasteiger partial charge in [-0.2, -0.15) is 0 Å². The number of aliphatic hydroxyl groups excluding tert-OH is 1. The van der Waals surface area contributed by atoms with E-state index in [2.05, 4.69) is 26.8 Å². The van der Waals surface area contributed by atoms with Crippen LogP contribution >= 0.6 is 0 Å². The van der Waals surface area contributed by atoms with Crippen LogP contribution < -0.4 is 0 Å². The summed E-state index contributed by atoms with van der Waals surface area (Å²) in [7, 11) is 0. The molecule has 0 bridgehead atoms. The normalized spacial score (nSPS) is 55.0. The van der Waals surface area contributed by atoms with Crippen molar-refractivity contribution in [2.24, 2.45) is 34.0 Å². The Bertz CT molecular complexity index is 628. The molecule has 0 heterocycles. The van der Waals surface area contributed by atoms with E-state index >= 15 is 4.39 Å². The highest BCUT2D eigenvalue weighted by molar-refractivity contribution is 5.83. The molecule has 3 saturated carbocycles. The summed E-state index contributed by atoms with van der Waals surface area (Å²) in [4.78, 5) is 12.5. The molecule has 0 aromatic rings. The Morgan fingerprint density at radius 2 is 1.88 bits per heavy atom. The SMILES string of the molecule is CC(=O)[C@@]1(C)CC[C@H]2[C@@H]3CC=C4CC(O)CC(F)[C@]4(C)[C@H]3CC[C@@]21C. The number of hydrogen-bond donors (Lipinski definition) is 1. The van der Waals surface area contributed by atoms with Gasteiger partial charge in [0.2, 0.25) is 0 Å². The highest BCUT2D eigenvalue weighted by Crippen LogP contribution is 2.69. The molecule has 0 aromatic heterocycles. The van der Waals surface area contributed by atoms with E-state index in [4.69, 9.17) is 0 Å². The van der Waals surface area contributed by atoms with Crippen molar-refractivity contribution in [1.82, 2.24) is 0 Å². The minimum atomic E-state index is -0.944. The number of aliphatic hydroxyl groups is 1. The molecule has 140 valence electrons. The van der Waals surface area contributed by atoms with E-state index in [1.54, 1.807) is 6.92 Å². The summed E-state index contributed by atoms with van der Waals surface area (Å²) >= 11 is 0. The van der Waals surface area contributed by atoms with Gasteiger partial charge in [0.1, 0.15) is 12.0 Å². The molecule has 0 radical (unpaired) electrons. The van der Waals surface area contributed by atoms with Gasteiger partial charge in [0.15, 0.2) is 0 Å². The van der Waals surface area contributed by atoms with Gasteiger partial charge in [-0.3, -0.25) is 4.79 Å². The molecule has 8 atom stereocenters. The number of halogens is 1. The fourth-order valence-corrected chi connectivity index (χ4v) is 7.50. The lowest BCUT2D eigenvalue weighted by molar-refractivity contribution is -0.140. The summed E-state index contributed by atoms with van der Waals surface area (Å²) in [5, 5.41) is 10.0. The van der Waals surface area contributed by atoms with Crippen LogP contribution in [0.1, 0.15) is 72.6 Å². The van der Waals surface area contributed by atoms with Gasteiger partial charge in [-0.25, -0.2) is 4.39 Å². The standard InChI is InChI=1S/C22H33FO2/c1-13(24)20(2)9-7-17-16-6-5-14-11-15(25)12-19(23)22(14,4)18(16)8-10-21(17,20)3/h5,15-19,25H,6-12H2,1-4H3/t15?,16-,17-,18-,19?,20+,21-,22-/m0/s1. The Morgan fingerprint density at radius 1 is 1.20 bits per heavy atom. The topological polar surface area (TPSA) is 37.3 Å². The summed E-state index contributed by atoms with van der Waals surface area (Å²) < 4.78 is 15.2. The van der Waals surface area contributed by atoms with Gasteiger partial charge in [-0.15, -0.1) is 0 Å². The third kappa shape index (κ3) is 2.08. The molecule has 0 spiro atoms. The van der Waals surface area contributed by atoms with Crippen LogP contribution in [0.4, 0.5) is 4.39 Å². The van der Waals surface area contributed by atoms with Crippen molar-refractivity contribution in [2.75, 3.05) is 0 Å². The van der Waals surface area contributed by atoms with Crippen molar-refractivity contribution in [3.8, 4) is 0 Å². The molecular weight excluding hydrogens is 315 g/mol. The van der Waals surface area contributed by atoms with Crippen molar-refractivity contribution < 1.29 is 14.3 Å². The van der Waals surface area contributed by atoms with Gasteiger partial charge < -0.3 is 5.11 Å². The Hall–Kier alpha value is -0.700. The van der Waals surface area contributed by atoms with Gasteiger partial charge in [-0.05, 0) is 68.6 Å². The summed E-state index contributed by atoms with van der Waals surface area (Å²) in [5.74, 6) is 1.71. The van der Waals surface area contributed by atoms with E-state index < -0.39 is 17.7 Å². The quantitative estimate of drug-likeness (QED) is 0.688. The van der Waals surface area contributed by atoms with Crippen molar-refractivity contribution in [3.63, 3.8) is 0 Å². The first-order valence-corrected chi connectivity index (χ1v) is 10.2. The summed E-state index contributed by atoms with van der Waals surface area (Å²) in [6, 6.07) is 0. The van der Waals surface area contributed by atoms with Crippen LogP contribution in [0.5, 0.6) is 0 Å². The number of hydrogen-bond acceptors (Lipinski definition) is 2. The molecule has 0 aliphatic heterocycles. The molecule has 2 unspecified atom stereocenters. The first-order valence-electron chi connectivity index (χ1n) is 10.2. The first-order chi connectivity index (χ1) is 11.6. The third-order valence-electron chi connectivity index (χ3n) is 9.50. The molecule has 2 nitrogen and oxygen atoms in total. The molecule has 0 saturated heterocycles. The molecule has 25 heavy (non-hydrogen) atoms. The predicted octanol–water partition coefficient (Wildman–Crippen LogP) is 4.85. The maximum atomic E-state index is 15.2. The maximum absolute atomic E-state index is 15.2. The lowest BCUT2D eigenvalue weighted by Gasteiger charge is -2.59. The van der Waals surface area contributed by atoms with E-state index in [0.717, 1.165) is 37.7 Å². The molecule has 3 heteroatoms. The van der Waals surface area contributed by atoms with Gasteiger partial charge in [0.05, 0.1) is 6.10 Å². The Labute approximate surface area is 151 Å². The summed E-state index contributed by atoms with van der Waals surface area (Å²) in [5.41, 5.74) is 0.599. The Kier molecular flexibility index (Phi) is 3.83. The third-order valence-corrected chi connectivity index (χ3v) is 9.50.